The maximum Gasteiger partial charge on any atom is 0.221 e. The minimum absolute atomic E-state index is 0.0460. The lowest BCUT2D eigenvalue weighted by molar-refractivity contribution is -0.122. The number of anilines is 1. The van der Waals surface area contributed by atoms with Gasteiger partial charge >= 0.3 is 0 Å². The summed E-state index contributed by atoms with van der Waals surface area (Å²) in [5, 5.41) is 5.82. The molecule has 1 aromatic carbocycles. The maximum atomic E-state index is 12.0. The number of carbonyl (C=O) groups excluding carboxylic acids is 2. The van der Waals surface area contributed by atoms with Crippen LogP contribution in [0.4, 0.5) is 5.69 Å². The fourth-order valence-corrected chi connectivity index (χ4v) is 4.04. The zero-order valence-electron chi connectivity index (χ0n) is 16.9. The molecule has 6 nitrogen and oxygen atoms in total. The zero-order chi connectivity index (χ0) is 19.8. The molecule has 154 valence electrons. The first-order valence-corrected chi connectivity index (χ1v) is 10.6. The molecule has 2 fully saturated rings. The summed E-state index contributed by atoms with van der Waals surface area (Å²) in [5.74, 6) is 0.763. The van der Waals surface area contributed by atoms with Crippen molar-refractivity contribution < 1.29 is 14.3 Å². The van der Waals surface area contributed by atoms with Crippen LogP contribution in [0.15, 0.2) is 24.3 Å². The predicted molar refractivity (Wildman–Crippen MR) is 110 cm³/mol. The van der Waals surface area contributed by atoms with Crippen LogP contribution in [0.5, 0.6) is 0 Å². The van der Waals surface area contributed by atoms with E-state index in [1.54, 1.807) is 0 Å². The molecule has 2 amide bonds. The zero-order valence-corrected chi connectivity index (χ0v) is 16.9. The number of ether oxygens (including phenoxy) is 1. The molecule has 0 bridgehead atoms. The molecule has 2 aliphatic rings. The largest absolute Gasteiger partial charge is 0.376 e. The number of rotatable bonds is 8. The van der Waals surface area contributed by atoms with Crippen molar-refractivity contribution in [2.24, 2.45) is 5.92 Å². The number of nitrogens with zero attached hydrogens (tertiary/aromatic N) is 1. The van der Waals surface area contributed by atoms with Gasteiger partial charge in [-0.2, -0.15) is 0 Å². The van der Waals surface area contributed by atoms with Crippen molar-refractivity contribution in [2.45, 2.75) is 58.1 Å². The third-order valence-electron chi connectivity index (χ3n) is 5.72. The quantitative estimate of drug-likeness (QED) is 0.720. The van der Waals surface area contributed by atoms with Gasteiger partial charge in [-0.05, 0) is 68.8 Å². The Labute approximate surface area is 168 Å². The average Bonchev–Trinajstić information content (AvgIpc) is 3.21. The fourth-order valence-electron chi connectivity index (χ4n) is 4.04. The Balaban J connectivity index is 1.30. The minimum atomic E-state index is -0.0460. The van der Waals surface area contributed by atoms with Crippen LogP contribution in [-0.4, -0.2) is 49.1 Å². The number of piperidine rings is 1. The molecule has 1 aromatic rings. The molecule has 2 aliphatic heterocycles. The lowest BCUT2D eigenvalue weighted by atomic mass is 9.92. The van der Waals surface area contributed by atoms with Crippen molar-refractivity contribution >= 4 is 17.5 Å². The lowest BCUT2D eigenvalue weighted by Gasteiger charge is -2.32. The fraction of sp³-hybridized carbons (Fsp3) is 0.636. The first kappa shape index (κ1) is 20.8. The molecule has 1 atom stereocenters. The average molecular weight is 388 g/mol. The van der Waals surface area contributed by atoms with Gasteiger partial charge in [0.2, 0.25) is 11.8 Å². The Morgan fingerprint density at radius 2 is 1.89 bits per heavy atom. The van der Waals surface area contributed by atoms with E-state index in [1.165, 1.54) is 12.5 Å². The van der Waals surface area contributed by atoms with Gasteiger partial charge in [0.05, 0.1) is 6.10 Å². The van der Waals surface area contributed by atoms with E-state index in [2.05, 4.69) is 27.7 Å². The first-order valence-electron chi connectivity index (χ1n) is 10.6. The third kappa shape index (κ3) is 6.91. The van der Waals surface area contributed by atoms with E-state index in [0.717, 1.165) is 64.0 Å². The SMILES string of the molecule is CC(=O)Nc1ccc(CN2CCC(CCC(=O)NC[C@H]3CCCO3)CC2)cc1. The Morgan fingerprint density at radius 1 is 1.14 bits per heavy atom. The van der Waals surface area contributed by atoms with Crippen LogP contribution in [0, 0.1) is 5.92 Å². The van der Waals surface area contributed by atoms with Gasteiger partial charge < -0.3 is 15.4 Å². The first-order chi connectivity index (χ1) is 13.6. The second kappa shape index (κ2) is 10.6. The molecule has 0 radical (unpaired) electrons. The summed E-state index contributed by atoms with van der Waals surface area (Å²) in [6.07, 6.45) is 6.32. The smallest absolute Gasteiger partial charge is 0.221 e. The van der Waals surface area contributed by atoms with E-state index in [4.69, 9.17) is 4.74 Å². The van der Waals surface area contributed by atoms with E-state index in [-0.39, 0.29) is 17.9 Å². The highest BCUT2D eigenvalue weighted by Gasteiger charge is 2.21. The maximum absolute atomic E-state index is 12.0. The van der Waals surface area contributed by atoms with Crippen LogP contribution in [-0.2, 0) is 20.9 Å². The molecule has 0 saturated carbocycles. The van der Waals surface area contributed by atoms with Crippen molar-refractivity contribution in [3.8, 4) is 0 Å². The van der Waals surface area contributed by atoms with Gasteiger partial charge in [-0.15, -0.1) is 0 Å². The highest BCUT2D eigenvalue weighted by atomic mass is 16.5. The molecule has 0 aliphatic carbocycles. The highest BCUT2D eigenvalue weighted by Crippen LogP contribution is 2.23. The van der Waals surface area contributed by atoms with E-state index < -0.39 is 0 Å². The molecular weight excluding hydrogens is 354 g/mol. The van der Waals surface area contributed by atoms with Gasteiger partial charge in [0, 0.05) is 38.7 Å². The van der Waals surface area contributed by atoms with Crippen molar-refractivity contribution in [3.63, 3.8) is 0 Å². The molecule has 2 saturated heterocycles. The van der Waals surface area contributed by atoms with Gasteiger partial charge in [0.15, 0.2) is 0 Å². The molecule has 0 unspecified atom stereocenters. The summed E-state index contributed by atoms with van der Waals surface area (Å²) in [4.78, 5) is 25.6. The number of benzene rings is 1. The van der Waals surface area contributed by atoms with E-state index in [9.17, 15) is 9.59 Å². The van der Waals surface area contributed by atoms with Crippen LogP contribution >= 0.6 is 0 Å². The monoisotopic (exact) mass is 387 g/mol. The summed E-state index contributed by atoms with van der Waals surface area (Å²) >= 11 is 0. The predicted octanol–water partition coefficient (Wildman–Crippen LogP) is 2.93. The van der Waals surface area contributed by atoms with Crippen molar-refractivity contribution in [1.82, 2.24) is 10.2 Å². The van der Waals surface area contributed by atoms with Gasteiger partial charge in [-0.25, -0.2) is 0 Å². The second-order valence-electron chi connectivity index (χ2n) is 8.08. The molecule has 2 N–H and O–H groups in total. The van der Waals surface area contributed by atoms with Crippen LogP contribution in [0.25, 0.3) is 0 Å². The van der Waals surface area contributed by atoms with Crippen molar-refractivity contribution in [1.29, 1.82) is 0 Å². The van der Waals surface area contributed by atoms with Crippen molar-refractivity contribution in [2.75, 3.05) is 31.6 Å². The van der Waals surface area contributed by atoms with Crippen LogP contribution in [0.1, 0.15) is 51.0 Å². The number of carbonyl (C=O) groups is 2. The van der Waals surface area contributed by atoms with Gasteiger partial charge in [0.1, 0.15) is 0 Å². The molecule has 0 spiro atoms. The van der Waals surface area contributed by atoms with E-state index in [0.29, 0.717) is 18.9 Å². The molecule has 3 rings (SSSR count). The van der Waals surface area contributed by atoms with E-state index in [1.807, 2.05) is 12.1 Å². The standard InChI is InChI=1S/C22H33N3O3/c1-17(26)24-20-7-4-19(5-8-20)16-25-12-10-18(11-13-25)6-9-22(27)23-15-21-3-2-14-28-21/h4-5,7-8,18,21H,2-3,6,9-16H2,1H3,(H,23,27)(H,24,26)/t21-/m1/s1. The molecule has 6 heteroatoms. The van der Waals surface area contributed by atoms with Gasteiger partial charge in [-0.3, -0.25) is 14.5 Å². The Hall–Kier alpha value is -1.92. The number of hydrogen-bond donors (Lipinski definition) is 2. The normalized spacial score (nSPS) is 20.8. The van der Waals surface area contributed by atoms with Crippen LogP contribution in [0.2, 0.25) is 0 Å². The summed E-state index contributed by atoms with van der Waals surface area (Å²) < 4.78 is 5.54. The third-order valence-corrected chi connectivity index (χ3v) is 5.72. The van der Waals surface area contributed by atoms with E-state index >= 15 is 0 Å². The summed E-state index contributed by atoms with van der Waals surface area (Å²) in [6.45, 7) is 6.11. The molecule has 0 aromatic heterocycles. The summed E-state index contributed by atoms with van der Waals surface area (Å²) in [5.41, 5.74) is 2.11. The topological polar surface area (TPSA) is 70.7 Å². The molecule has 28 heavy (non-hydrogen) atoms. The van der Waals surface area contributed by atoms with Gasteiger partial charge in [-0.1, -0.05) is 12.1 Å². The second-order valence-corrected chi connectivity index (χ2v) is 8.08. The summed E-state index contributed by atoms with van der Waals surface area (Å²) in [7, 11) is 0. The highest BCUT2D eigenvalue weighted by molar-refractivity contribution is 5.88. The van der Waals surface area contributed by atoms with Crippen LogP contribution in [0.3, 0.4) is 0 Å². The molecular formula is C22H33N3O3. The molecule has 2 heterocycles. The van der Waals surface area contributed by atoms with Gasteiger partial charge in [0.25, 0.3) is 0 Å². The number of hydrogen-bond acceptors (Lipinski definition) is 4. The Kier molecular flexibility index (Phi) is 7.86. The summed E-state index contributed by atoms with van der Waals surface area (Å²) in [6, 6.07) is 8.07. The number of amides is 2. The lowest BCUT2D eigenvalue weighted by Crippen LogP contribution is -2.34. The Morgan fingerprint density at radius 3 is 2.54 bits per heavy atom. The number of likely N-dealkylation sites (tertiary alicyclic amines) is 1. The number of nitrogens with one attached hydrogen (secondary N) is 2. The Bertz CT molecular complexity index is 633. The minimum Gasteiger partial charge on any atom is -0.376 e. The van der Waals surface area contributed by atoms with Crippen LogP contribution < -0.4 is 10.6 Å². The van der Waals surface area contributed by atoms with Crippen molar-refractivity contribution in [3.05, 3.63) is 29.8 Å².